The molecule has 6 heteroatoms. The van der Waals surface area contributed by atoms with Gasteiger partial charge in [0.2, 0.25) is 15.9 Å². The van der Waals surface area contributed by atoms with E-state index in [0.29, 0.717) is 19.6 Å². The quantitative estimate of drug-likeness (QED) is 0.872. The van der Waals surface area contributed by atoms with Crippen molar-refractivity contribution in [3.63, 3.8) is 0 Å². The summed E-state index contributed by atoms with van der Waals surface area (Å²) in [5.74, 6) is -0.242. The van der Waals surface area contributed by atoms with E-state index in [1.807, 2.05) is 6.07 Å². The predicted molar refractivity (Wildman–Crippen MR) is 98.7 cm³/mol. The number of nitrogens with one attached hydrogen (secondary N) is 1. The summed E-state index contributed by atoms with van der Waals surface area (Å²) in [6.45, 7) is 1.48. The predicted octanol–water partition coefficient (Wildman–Crippen LogP) is 2.29. The summed E-state index contributed by atoms with van der Waals surface area (Å²) in [5.41, 5.74) is 1.33. The Morgan fingerprint density at radius 1 is 1.20 bits per heavy atom. The molecule has 0 radical (unpaired) electrons. The summed E-state index contributed by atoms with van der Waals surface area (Å²) in [7, 11) is -3.22. The highest BCUT2D eigenvalue weighted by Crippen LogP contribution is 2.40. The van der Waals surface area contributed by atoms with Gasteiger partial charge in [0.1, 0.15) is 0 Å². The minimum Gasteiger partial charge on any atom is -0.355 e. The first kappa shape index (κ1) is 18.4. The van der Waals surface area contributed by atoms with Gasteiger partial charge < -0.3 is 5.32 Å². The van der Waals surface area contributed by atoms with Crippen LogP contribution in [0, 0.1) is 5.92 Å². The lowest BCUT2D eigenvalue weighted by Gasteiger charge is -2.33. The molecule has 1 amide bonds. The summed E-state index contributed by atoms with van der Waals surface area (Å²) in [6.07, 6.45) is 7.29. The molecular formula is C19H28N2O3S. The van der Waals surface area contributed by atoms with E-state index in [0.717, 1.165) is 25.7 Å². The fourth-order valence-corrected chi connectivity index (χ4v) is 5.18. The Labute approximate surface area is 150 Å². The largest absolute Gasteiger partial charge is 0.355 e. The van der Waals surface area contributed by atoms with E-state index in [1.165, 1.54) is 29.0 Å². The lowest BCUT2D eigenvalue weighted by molar-refractivity contribution is -0.126. The number of nitrogens with zero attached hydrogens (tertiary/aromatic N) is 1. The third kappa shape index (κ3) is 4.23. The van der Waals surface area contributed by atoms with Crippen molar-refractivity contribution in [3.05, 3.63) is 35.9 Å². The molecule has 1 aromatic rings. The van der Waals surface area contributed by atoms with Gasteiger partial charge in [-0.25, -0.2) is 12.7 Å². The molecule has 1 saturated carbocycles. The molecule has 1 unspecified atom stereocenters. The van der Waals surface area contributed by atoms with Crippen molar-refractivity contribution < 1.29 is 13.2 Å². The van der Waals surface area contributed by atoms with Gasteiger partial charge in [-0.1, -0.05) is 43.2 Å². The zero-order chi connectivity index (χ0) is 17.9. The second-order valence-corrected chi connectivity index (χ2v) is 9.51. The van der Waals surface area contributed by atoms with Crippen molar-refractivity contribution in [2.24, 2.45) is 5.92 Å². The molecule has 25 heavy (non-hydrogen) atoms. The first-order chi connectivity index (χ1) is 11.9. The third-order valence-corrected chi connectivity index (χ3v) is 7.04. The van der Waals surface area contributed by atoms with E-state index in [4.69, 9.17) is 0 Å². The molecule has 1 atom stereocenters. The zero-order valence-corrected chi connectivity index (χ0v) is 15.7. The molecule has 1 aliphatic carbocycles. The fourth-order valence-electron chi connectivity index (χ4n) is 4.27. The molecule has 1 aliphatic heterocycles. The van der Waals surface area contributed by atoms with Crippen LogP contribution in [0.15, 0.2) is 30.3 Å². The van der Waals surface area contributed by atoms with E-state index in [-0.39, 0.29) is 17.2 Å². The zero-order valence-electron chi connectivity index (χ0n) is 14.9. The Morgan fingerprint density at radius 2 is 1.88 bits per heavy atom. The van der Waals surface area contributed by atoms with Crippen molar-refractivity contribution in [2.75, 3.05) is 25.9 Å². The van der Waals surface area contributed by atoms with Crippen molar-refractivity contribution in [2.45, 2.75) is 43.9 Å². The summed E-state index contributed by atoms with van der Waals surface area (Å²) < 4.78 is 24.9. The van der Waals surface area contributed by atoms with Crippen LogP contribution >= 0.6 is 0 Å². The maximum absolute atomic E-state index is 12.7. The Kier molecular flexibility index (Phi) is 5.49. The number of hydrogen-bond acceptors (Lipinski definition) is 3. The molecule has 2 fully saturated rings. The number of carbonyl (C=O) groups is 1. The van der Waals surface area contributed by atoms with Crippen molar-refractivity contribution in [1.82, 2.24) is 9.62 Å². The van der Waals surface area contributed by atoms with E-state index in [9.17, 15) is 13.2 Å². The second-order valence-electron chi connectivity index (χ2n) is 7.53. The molecule has 1 heterocycles. The van der Waals surface area contributed by atoms with Gasteiger partial charge in [-0.2, -0.15) is 0 Å². The molecule has 1 saturated heterocycles. The molecule has 138 valence electrons. The van der Waals surface area contributed by atoms with E-state index in [2.05, 4.69) is 29.6 Å². The van der Waals surface area contributed by atoms with Crippen LogP contribution in [0.5, 0.6) is 0 Å². The smallest absolute Gasteiger partial charge is 0.224 e. The fraction of sp³-hybridized carbons (Fsp3) is 0.632. The van der Waals surface area contributed by atoms with Gasteiger partial charge in [-0.15, -0.1) is 0 Å². The highest BCUT2D eigenvalue weighted by atomic mass is 32.2. The molecule has 2 aliphatic rings. The summed E-state index contributed by atoms with van der Waals surface area (Å²) >= 11 is 0. The Bertz CT molecular complexity index is 697. The highest BCUT2D eigenvalue weighted by molar-refractivity contribution is 7.88. The van der Waals surface area contributed by atoms with E-state index < -0.39 is 10.0 Å². The SMILES string of the molecule is CS(=O)(=O)N1CCCC(C(=O)NCC2(c3ccccc3)CCCC2)C1. The van der Waals surface area contributed by atoms with Gasteiger partial charge in [-0.05, 0) is 31.2 Å². The maximum Gasteiger partial charge on any atom is 0.224 e. The molecule has 0 spiro atoms. The normalized spacial score (nSPS) is 24.1. The van der Waals surface area contributed by atoms with Crippen LogP contribution in [-0.2, 0) is 20.2 Å². The van der Waals surface area contributed by atoms with Crippen LogP contribution < -0.4 is 5.32 Å². The molecule has 1 N–H and O–H groups in total. The average Bonchev–Trinajstić information content (AvgIpc) is 3.10. The summed E-state index contributed by atoms with van der Waals surface area (Å²) in [4.78, 5) is 12.7. The van der Waals surface area contributed by atoms with E-state index >= 15 is 0 Å². The average molecular weight is 365 g/mol. The van der Waals surface area contributed by atoms with Crippen molar-refractivity contribution >= 4 is 15.9 Å². The van der Waals surface area contributed by atoms with Crippen LogP contribution in [-0.4, -0.2) is 44.5 Å². The van der Waals surface area contributed by atoms with Gasteiger partial charge in [0.15, 0.2) is 0 Å². The first-order valence-corrected chi connectivity index (χ1v) is 11.0. The number of sulfonamides is 1. The molecule has 0 bridgehead atoms. The van der Waals surface area contributed by atoms with Gasteiger partial charge >= 0.3 is 0 Å². The third-order valence-electron chi connectivity index (χ3n) is 5.77. The summed E-state index contributed by atoms with van der Waals surface area (Å²) in [6, 6.07) is 10.4. The Hall–Kier alpha value is -1.40. The van der Waals surface area contributed by atoms with Crippen molar-refractivity contribution in [1.29, 1.82) is 0 Å². The number of amides is 1. The van der Waals surface area contributed by atoms with Gasteiger partial charge in [0.05, 0.1) is 12.2 Å². The van der Waals surface area contributed by atoms with Gasteiger partial charge in [-0.3, -0.25) is 4.79 Å². The molecule has 5 nitrogen and oxygen atoms in total. The van der Waals surface area contributed by atoms with Crippen LogP contribution in [0.1, 0.15) is 44.1 Å². The number of rotatable bonds is 5. The Morgan fingerprint density at radius 3 is 2.52 bits per heavy atom. The minimum atomic E-state index is -3.22. The maximum atomic E-state index is 12.7. The number of benzene rings is 1. The number of piperidine rings is 1. The number of hydrogen-bond donors (Lipinski definition) is 1. The van der Waals surface area contributed by atoms with Crippen LogP contribution in [0.2, 0.25) is 0 Å². The van der Waals surface area contributed by atoms with Crippen LogP contribution in [0.4, 0.5) is 0 Å². The lowest BCUT2D eigenvalue weighted by Crippen LogP contribution is -2.47. The van der Waals surface area contributed by atoms with Crippen molar-refractivity contribution in [3.8, 4) is 0 Å². The minimum absolute atomic E-state index is 0.00411. The van der Waals surface area contributed by atoms with Crippen LogP contribution in [0.25, 0.3) is 0 Å². The Balaban J connectivity index is 1.64. The standard InChI is InChI=1S/C19H28N2O3S/c1-25(23,24)21-13-7-8-16(14-21)18(22)20-15-19(11-5-6-12-19)17-9-3-2-4-10-17/h2-4,9-10,16H,5-8,11-15H2,1H3,(H,20,22). The van der Waals surface area contributed by atoms with Gasteiger partial charge in [0.25, 0.3) is 0 Å². The molecule has 1 aromatic carbocycles. The number of carbonyl (C=O) groups excluding carboxylic acids is 1. The first-order valence-electron chi connectivity index (χ1n) is 9.19. The second kappa shape index (κ2) is 7.46. The monoisotopic (exact) mass is 364 g/mol. The topological polar surface area (TPSA) is 66.5 Å². The molecule has 0 aromatic heterocycles. The van der Waals surface area contributed by atoms with Crippen LogP contribution in [0.3, 0.4) is 0 Å². The summed E-state index contributed by atoms with van der Waals surface area (Å²) in [5, 5.41) is 3.15. The molecular weight excluding hydrogens is 336 g/mol. The van der Waals surface area contributed by atoms with E-state index in [1.54, 1.807) is 0 Å². The lowest BCUT2D eigenvalue weighted by atomic mass is 9.78. The van der Waals surface area contributed by atoms with Gasteiger partial charge in [0, 0.05) is 25.0 Å². The highest BCUT2D eigenvalue weighted by Gasteiger charge is 2.37. The molecule has 3 rings (SSSR count).